The Morgan fingerprint density at radius 2 is 1.87 bits per heavy atom. The number of halogens is 2. The summed E-state index contributed by atoms with van der Waals surface area (Å²) in [7, 11) is 0. The molecule has 0 spiro atoms. The van der Waals surface area contributed by atoms with Gasteiger partial charge in [0.2, 0.25) is 0 Å². The number of anilines is 1. The number of carbonyl (C=O) groups excluding carboxylic acids is 1. The molecule has 0 bridgehead atoms. The molecule has 2 heterocycles. The van der Waals surface area contributed by atoms with E-state index in [1.54, 1.807) is 58.3 Å². The van der Waals surface area contributed by atoms with Gasteiger partial charge in [0, 0.05) is 23.1 Å². The van der Waals surface area contributed by atoms with Crippen LogP contribution in [-0.4, -0.2) is 25.5 Å². The number of aromatic nitrogens is 4. The molecule has 152 valence electrons. The van der Waals surface area contributed by atoms with E-state index in [-0.39, 0.29) is 12.6 Å². The van der Waals surface area contributed by atoms with E-state index in [1.165, 1.54) is 0 Å². The Bertz CT molecular complexity index is 1150. The molecule has 0 saturated carbocycles. The second-order valence-corrected chi connectivity index (χ2v) is 7.35. The van der Waals surface area contributed by atoms with E-state index in [0.29, 0.717) is 33.7 Å². The minimum Gasteiger partial charge on any atom is -0.471 e. The number of ether oxygens (including phenoxy) is 1. The fraction of sp³-hybridized carbons (Fsp3) is 0.0952. The molecule has 0 aliphatic rings. The summed E-state index contributed by atoms with van der Waals surface area (Å²) in [4.78, 5) is 12.5. The standard InChI is InChI=1S/C21H17Cl2N5O2/c22-16-4-6-19(7-5-16)30-14-27-9-8-20(26-27)21(29)25-18-3-1-2-15(10-18)12-28-13-17(23)11-24-28/h1-11,13H,12,14H2,(H,25,29). The molecule has 4 aromatic rings. The van der Waals surface area contributed by atoms with Crippen molar-refractivity contribution in [3.8, 4) is 5.75 Å². The van der Waals surface area contributed by atoms with E-state index in [0.717, 1.165) is 5.56 Å². The number of hydrogen-bond donors (Lipinski definition) is 1. The topological polar surface area (TPSA) is 74.0 Å². The van der Waals surface area contributed by atoms with Gasteiger partial charge in [-0.15, -0.1) is 0 Å². The lowest BCUT2D eigenvalue weighted by atomic mass is 10.2. The molecule has 0 aliphatic carbocycles. The predicted molar refractivity (Wildman–Crippen MR) is 115 cm³/mol. The Hall–Kier alpha value is -3.29. The third kappa shape index (κ3) is 5.20. The number of benzene rings is 2. The van der Waals surface area contributed by atoms with Crippen LogP contribution in [0.1, 0.15) is 16.1 Å². The van der Waals surface area contributed by atoms with Crippen LogP contribution in [0.25, 0.3) is 0 Å². The molecule has 0 radical (unpaired) electrons. The summed E-state index contributed by atoms with van der Waals surface area (Å²) in [5.74, 6) is 0.357. The molecule has 0 aliphatic heterocycles. The Balaban J connectivity index is 1.36. The van der Waals surface area contributed by atoms with Crippen LogP contribution in [0, 0.1) is 0 Å². The third-order valence-corrected chi connectivity index (χ3v) is 4.63. The van der Waals surface area contributed by atoms with Gasteiger partial charge in [-0.05, 0) is 48.0 Å². The van der Waals surface area contributed by atoms with Gasteiger partial charge in [0.05, 0.1) is 17.8 Å². The quantitative estimate of drug-likeness (QED) is 0.450. The second-order valence-electron chi connectivity index (χ2n) is 6.48. The van der Waals surface area contributed by atoms with Crippen LogP contribution in [0.5, 0.6) is 5.75 Å². The van der Waals surface area contributed by atoms with Crippen LogP contribution < -0.4 is 10.1 Å². The van der Waals surface area contributed by atoms with Gasteiger partial charge < -0.3 is 10.1 Å². The molecule has 0 atom stereocenters. The van der Waals surface area contributed by atoms with Crippen LogP contribution in [0.2, 0.25) is 10.0 Å². The summed E-state index contributed by atoms with van der Waals surface area (Å²) >= 11 is 11.8. The van der Waals surface area contributed by atoms with Gasteiger partial charge in [0.1, 0.15) is 5.75 Å². The van der Waals surface area contributed by atoms with Crippen molar-refractivity contribution < 1.29 is 9.53 Å². The highest BCUT2D eigenvalue weighted by atomic mass is 35.5. The summed E-state index contributed by atoms with van der Waals surface area (Å²) in [5, 5.41) is 12.5. The zero-order valence-corrected chi connectivity index (χ0v) is 17.2. The van der Waals surface area contributed by atoms with Crippen LogP contribution in [0.4, 0.5) is 5.69 Å². The van der Waals surface area contributed by atoms with Crippen molar-refractivity contribution in [2.24, 2.45) is 0 Å². The van der Waals surface area contributed by atoms with Crippen molar-refractivity contribution in [1.82, 2.24) is 19.6 Å². The van der Waals surface area contributed by atoms with Gasteiger partial charge in [-0.3, -0.25) is 9.48 Å². The largest absolute Gasteiger partial charge is 0.471 e. The summed E-state index contributed by atoms with van der Waals surface area (Å²) in [5.41, 5.74) is 1.94. The van der Waals surface area contributed by atoms with Crippen molar-refractivity contribution in [3.05, 3.63) is 94.5 Å². The minimum atomic E-state index is -0.306. The first-order valence-corrected chi connectivity index (χ1v) is 9.81. The maximum absolute atomic E-state index is 12.5. The van der Waals surface area contributed by atoms with Gasteiger partial charge in [-0.2, -0.15) is 10.2 Å². The summed E-state index contributed by atoms with van der Waals surface area (Å²) < 4.78 is 8.90. The molecule has 0 fully saturated rings. The van der Waals surface area contributed by atoms with Crippen LogP contribution in [0.3, 0.4) is 0 Å². The highest BCUT2D eigenvalue weighted by molar-refractivity contribution is 6.30. The Kier molecular flexibility index (Phi) is 6.02. The average Bonchev–Trinajstić information content (AvgIpc) is 3.37. The van der Waals surface area contributed by atoms with Crippen molar-refractivity contribution in [2.45, 2.75) is 13.3 Å². The van der Waals surface area contributed by atoms with Crippen molar-refractivity contribution in [1.29, 1.82) is 0 Å². The lowest BCUT2D eigenvalue weighted by Gasteiger charge is -2.07. The highest BCUT2D eigenvalue weighted by Gasteiger charge is 2.11. The van der Waals surface area contributed by atoms with Crippen LogP contribution >= 0.6 is 23.2 Å². The fourth-order valence-corrected chi connectivity index (χ4v) is 3.06. The first-order chi connectivity index (χ1) is 14.5. The molecule has 2 aromatic carbocycles. The average molecular weight is 442 g/mol. The monoisotopic (exact) mass is 441 g/mol. The molecule has 2 aromatic heterocycles. The van der Waals surface area contributed by atoms with Gasteiger partial charge >= 0.3 is 0 Å². The van der Waals surface area contributed by atoms with E-state index in [2.05, 4.69) is 15.5 Å². The molecule has 30 heavy (non-hydrogen) atoms. The summed E-state index contributed by atoms with van der Waals surface area (Å²) in [6.45, 7) is 0.726. The summed E-state index contributed by atoms with van der Waals surface area (Å²) in [6, 6.07) is 16.2. The van der Waals surface area contributed by atoms with Gasteiger partial charge in [-0.25, -0.2) is 4.68 Å². The molecule has 4 rings (SSSR count). The molecule has 1 amide bonds. The van der Waals surface area contributed by atoms with E-state index in [9.17, 15) is 4.79 Å². The van der Waals surface area contributed by atoms with Gasteiger partial charge in [0.15, 0.2) is 12.4 Å². The fourth-order valence-electron chi connectivity index (χ4n) is 2.78. The van der Waals surface area contributed by atoms with Crippen LogP contribution in [0.15, 0.2) is 73.2 Å². The predicted octanol–water partition coefficient (Wildman–Crippen LogP) is 4.72. The first-order valence-electron chi connectivity index (χ1n) is 9.05. The third-order valence-electron chi connectivity index (χ3n) is 4.18. The number of nitrogens with zero attached hydrogens (tertiary/aromatic N) is 4. The molecular weight excluding hydrogens is 425 g/mol. The SMILES string of the molecule is O=C(Nc1cccc(Cn2cc(Cl)cn2)c1)c1ccn(COc2ccc(Cl)cc2)n1. The van der Waals surface area contributed by atoms with E-state index >= 15 is 0 Å². The molecule has 1 N–H and O–H groups in total. The van der Waals surface area contributed by atoms with E-state index < -0.39 is 0 Å². The number of hydrogen-bond acceptors (Lipinski definition) is 4. The highest BCUT2D eigenvalue weighted by Crippen LogP contribution is 2.16. The molecule has 0 unspecified atom stereocenters. The maximum atomic E-state index is 12.5. The zero-order chi connectivity index (χ0) is 20.9. The smallest absolute Gasteiger partial charge is 0.276 e. The van der Waals surface area contributed by atoms with E-state index in [4.69, 9.17) is 27.9 Å². The number of amides is 1. The summed E-state index contributed by atoms with van der Waals surface area (Å²) in [6.07, 6.45) is 5.01. The molecule has 7 nitrogen and oxygen atoms in total. The van der Waals surface area contributed by atoms with Crippen molar-refractivity contribution in [2.75, 3.05) is 5.32 Å². The lowest BCUT2D eigenvalue weighted by molar-refractivity contribution is 0.102. The van der Waals surface area contributed by atoms with Gasteiger partial charge in [0.25, 0.3) is 5.91 Å². The van der Waals surface area contributed by atoms with Crippen molar-refractivity contribution >= 4 is 34.8 Å². The Morgan fingerprint density at radius 3 is 2.63 bits per heavy atom. The second kappa shape index (κ2) is 9.02. The Morgan fingerprint density at radius 1 is 1.03 bits per heavy atom. The van der Waals surface area contributed by atoms with E-state index in [1.807, 2.05) is 24.3 Å². The molecule has 9 heteroatoms. The lowest BCUT2D eigenvalue weighted by Crippen LogP contribution is -2.14. The molecule has 0 saturated heterocycles. The van der Waals surface area contributed by atoms with Crippen LogP contribution in [-0.2, 0) is 13.3 Å². The number of rotatable bonds is 7. The zero-order valence-electron chi connectivity index (χ0n) is 15.7. The first kappa shape index (κ1) is 20.0. The minimum absolute atomic E-state index is 0.177. The number of nitrogens with one attached hydrogen (secondary N) is 1. The Labute approximate surface area is 182 Å². The van der Waals surface area contributed by atoms with Crippen molar-refractivity contribution in [3.63, 3.8) is 0 Å². The van der Waals surface area contributed by atoms with Gasteiger partial charge in [-0.1, -0.05) is 35.3 Å². The maximum Gasteiger partial charge on any atom is 0.276 e. The molecular formula is C21H17Cl2N5O2. The number of carbonyl (C=O) groups is 1. The normalized spacial score (nSPS) is 10.7.